The normalized spacial score (nSPS) is 11.2. The largest absolute Gasteiger partial charge is 0.469 e. The second-order valence-electron chi connectivity index (χ2n) is 6.94. The maximum Gasteiger partial charge on any atom is 0.336 e. The summed E-state index contributed by atoms with van der Waals surface area (Å²) in [6.45, 7) is 7.45. The Hall–Kier alpha value is -2.67. The third-order valence-electron chi connectivity index (χ3n) is 4.03. The average Bonchev–Trinajstić information content (AvgIpc) is 2.57. The summed E-state index contributed by atoms with van der Waals surface area (Å²) < 4.78 is 10.0. The van der Waals surface area contributed by atoms with Gasteiger partial charge < -0.3 is 14.5 Å². The smallest absolute Gasteiger partial charge is 0.336 e. The summed E-state index contributed by atoms with van der Waals surface area (Å²) in [6, 6.07) is 6.72. The van der Waals surface area contributed by atoms with Crippen molar-refractivity contribution in [2.75, 3.05) is 25.5 Å². The molecule has 0 atom stereocenters. The Morgan fingerprint density at radius 1 is 1.26 bits per heavy atom. The fraction of sp³-hybridized carbons (Fsp3) is 0.450. The summed E-state index contributed by atoms with van der Waals surface area (Å²) in [4.78, 5) is 36.9. The molecule has 7 nitrogen and oxygen atoms in total. The molecule has 0 aliphatic heterocycles. The van der Waals surface area contributed by atoms with Gasteiger partial charge in [0.25, 0.3) is 0 Å². The Morgan fingerprint density at radius 3 is 2.63 bits per heavy atom. The van der Waals surface area contributed by atoms with Crippen molar-refractivity contribution in [2.45, 2.75) is 33.7 Å². The molecule has 0 bridgehead atoms. The third-order valence-corrected chi connectivity index (χ3v) is 4.03. The van der Waals surface area contributed by atoms with Gasteiger partial charge in [0.15, 0.2) is 0 Å². The van der Waals surface area contributed by atoms with Gasteiger partial charge in [-0.1, -0.05) is 13.8 Å². The van der Waals surface area contributed by atoms with Crippen molar-refractivity contribution in [1.82, 2.24) is 4.90 Å². The molecule has 7 heteroatoms. The minimum atomic E-state index is -0.449. The van der Waals surface area contributed by atoms with E-state index < -0.39 is 5.63 Å². The molecular formula is C20H26N2O5. The standard InChI is InChI=1S/C20H26N2O5/c1-13(2)11-22(8-7-19(24)26-4)12-15-9-20(25)27-18-10-16(21-14(3)23)5-6-17(15)18/h5-6,9-10,13H,7-8,11-12H2,1-4H3,(H,21,23). The summed E-state index contributed by atoms with van der Waals surface area (Å²) >= 11 is 0. The van der Waals surface area contributed by atoms with E-state index in [1.54, 1.807) is 12.1 Å². The Labute approximate surface area is 158 Å². The molecule has 1 heterocycles. The van der Waals surface area contributed by atoms with Crippen LogP contribution in [-0.2, 0) is 20.9 Å². The van der Waals surface area contributed by atoms with Crippen LogP contribution in [0.25, 0.3) is 11.0 Å². The van der Waals surface area contributed by atoms with E-state index in [1.165, 1.54) is 20.1 Å². The lowest BCUT2D eigenvalue weighted by atomic mass is 10.1. The number of nitrogens with one attached hydrogen (secondary N) is 1. The van der Waals surface area contributed by atoms with Crippen LogP contribution in [0.5, 0.6) is 0 Å². The predicted octanol–water partition coefficient (Wildman–Crippen LogP) is 2.77. The minimum absolute atomic E-state index is 0.196. The number of carbonyl (C=O) groups is 2. The topological polar surface area (TPSA) is 88.8 Å². The molecule has 0 radical (unpaired) electrons. The van der Waals surface area contributed by atoms with E-state index in [-0.39, 0.29) is 18.3 Å². The summed E-state index contributed by atoms with van der Waals surface area (Å²) in [5.74, 6) is -0.0553. The quantitative estimate of drug-likeness (QED) is 0.565. The van der Waals surface area contributed by atoms with Crippen LogP contribution in [-0.4, -0.2) is 37.0 Å². The van der Waals surface area contributed by atoms with Gasteiger partial charge in [-0.2, -0.15) is 0 Å². The lowest BCUT2D eigenvalue weighted by Crippen LogP contribution is -2.30. The minimum Gasteiger partial charge on any atom is -0.469 e. The average molecular weight is 374 g/mol. The molecule has 0 spiro atoms. The van der Waals surface area contributed by atoms with Crippen molar-refractivity contribution in [3.63, 3.8) is 0 Å². The first-order valence-electron chi connectivity index (χ1n) is 8.92. The molecule has 0 saturated heterocycles. The molecule has 1 amide bonds. The van der Waals surface area contributed by atoms with Gasteiger partial charge in [-0.15, -0.1) is 0 Å². The van der Waals surface area contributed by atoms with E-state index in [1.807, 2.05) is 6.07 Å². The molecule has 27 heavy (non-hydrogen) atoms. The molecule has 2 rings (SSSR count). The highest BCUT2D eigenvalue weighted by Crippen LogP contribution is 2.23. The van der Waals surface area contributed by atoms with Gasteiger partial charge in [0, 0.05) is 49.8 Å². The van der Waals surface area contributed by atoms with E-state index in [9.17, 15) is 14.4 Å². The molecule has 1 aromatic heterocycles. The van der Waals surface area contributed by atoms with Crippen LogP contribution in [0.3, 0.4) is 0 Å². The number of carbonyl (C=O) groups excluding carboxylic acids is 2. The summed E-state index contributed by atoms with van der Waals surface area (Å²) in [7, 11) is 1.37. The van der Waals surface area contributed by atoms with Crippen LogP contribution in [0.4, 0.5) is 5.69 Å². The van der Waals surface area contributed by atoms with Crippen LogP contribution >= 0.6 is 0 Å². The van der Waals surface area contributed by atoms with Gasteiger partial charge in [0.2, 0.25) is 5.91 Å². The monoisotopic (exact) mass is 374 g/mol. The van der Waals surface area contributed by atoms with E-state index in [0.717, 1.165) is 17.5 Å². The molecule has 1 N–H and O–H groups in total. The fourth-order valence-corrected chi connectivity index (χ4v) is 2.99. The van der Waals surface area contributed by atoms with Gasteiger partial charge in [0.05, 0.1) is 13.5 Å². The molecule has 0 unspecified atom stereocenters. The van der Waals surface area contributed by atoms with Gasteiger partial charge in [-0.3, -0.25) is 14.5 Å². The molecule has 0 fully saturated rings. The van der Waals surface area contributed by atoms with E-state index in [0.29, 0.717) is 30.3 Å². The van der Waals surface area contributed by atoms with Crippen LogP contribution < -0.4 is 10.9 Å². The number of hydrogen-bond acceptors (Lipinski definition) is 6. The number of ether oxygens (including phenoxy) is 1. The van der Waals surface area contributed by atoms with Gasteiger partial charge >= 0.3 is 11.6 Å². The van der Waals surface area contributed by atoms with Gasteiger partial charge in [-0.25, -0.2) is 4.79 Å². The number of benzene rings is 1. The van der Waals surface area contributed by atoms with Crippen LogP contribution in [0.15, 0.2) is 33.5 Å². The van der Waals surface area contributed by atoms with Crippen molar-refractivity contribution < 1.29 is 18.7 Å². The highest BCUT2D eigenvalue weighted by molar-refractivity contribution is 5.92. The predicted molar refractivity (Wildman–Crippen MR) is 104 cm³/mol. The van der Waals surface area contributed by atoms with Gasteiger partial charge in [0.1, 0.15) is 5.58 Å². The van der Waals surface area contributed by atoms with Crippen molar-refractivity contribution in [3.8, 4) is 0 Å². The van der Waals surface area contributed by atoms with Crippen molar-refractivity contribution >= 4 is 28.5 Å². The highest BCUT2D eigenvalue weighted by Gasteiger charge is 2.14. The number of methoxy groups -OCH3 is 1. The number of esters is 1. The van der Waals surface area contributed by atoms with Crippen molar-refractivity contribution in [3.05, 3.63) is 40.2 Å². The summed E-state index contributed by atoms with van der Waals surface area (Å²) in [5.41, 5.74) is 1.36. The zero-order valence-electron chi connectivity index (χ0n) is 16.2. The lowest BCUT2D eigenvalue weighted by molar-refractivity contribution is -0.141. The Morgan fingerprint density at radius 2 is 2.00 bits per heavy atom. The van der Waals surface area contributed by atoms with Crippen molar-refractivity contribution in [1.29, 1.82) is 0 Å². The van der Waals surface area contributed by atoms with E-state index in [4.69, 9.17) is 9.15 Å². The molecule has 0 saturated carbocycles. The molecule has 0 aliphatic carbocycles. The highest BCUT2D eigenvalue weighted by atomic mass is 16.5. The number of fused-ring (bicyclic) bond motifs is 1. The Bertz CT molecular complexity index is 872. The molecular weight excluding hydrogens is 348 g/mol. The van der Waals surface area contributed by atoms with Crippen LogP contribution in [0.2, 0.25) is 0 Å². The first-order valence-corrected chi connectivity index (χ1v) is 8.92. The summed E-state index contributed by atoms with van der Waals surface area (Å²) in [5, 5.41) is 3.48. The fourth-order valence-electron chi connectivity index (χ4n) is 2.99. The number of anilines is 1. The zero-order chi connectivity index (χ0) is 20.0. The summed E-state index contributed by atoms with van der Waals surface area (Å²) in [6.07, 6.45) is 0.287. The number of rotatable bonds is 8. The molecule has 0 aliphatic rings. The van der Waals surface area contributed by atoms with Crippen molar-refractivity contribution in [2.24, 2.45) is 5.92 Å². The maximum absolute atomic E-state index is 12.0. The van der Waals surface area contributed by atoms with Crippen LogP contribution in [0, 0.1) is 5.92 Å². The Balaban J connectivity index is 2.32. The SMILES string of the molecule is COC(=O)CCN(Cc1cc(=O)oc2cc(NC(C)=O)ccc12)CC(C)C. The molecule has 1 aromatic carbocycles. The van der Waals surface area contributed by atoms with Crippen LogP contribution in [0.1, 0.15) is 32.8 Å². The molecule has 2 aromatic rings. The number of amides is 1. The first kappa shape index (κ1) is 20.6. The number of nitrogens with zero attached hydrogens (tertiary/aromatic N) is 1. The lowest BCUT2D eigenvalue weighted by Gasteiger charge is -2.24. The molecule has 146 valence electrons. The number of hydrogen-bond donors (Lipinski definition) is 1. The maximum atomic E-state index is 12.0. The second-order valence-corrected chi connectivity index (χ2v) is 6.94. The van der Waals surface area contributed by atoms with Gasteiger partial charge in [-0.05, 0) is 23.6 Å². The van der Waals surface area contributed by atoms with E-state index in [2.05, 4.69) is 24.1 Å². The zero-order valence-corrected chi connectivity index (χ0v) is 16.2. The third kappa shape index (κ3) is 6.21. The second kappa shape index (κ2) is 9.32. The Kier molecular flexibility index (Phi) is 7.12. The van der Waals surface area contributed by atoms with E-state index >= 15 is 0 Å². The first-order chi connectivity index (χ1) is 12.8.